The molecular formula is C19H20F3N3O3. The van der Waals surface area contributed by atoms with E-state index in [9.17, 15) is 22.8 Å². The molecule has 0 bridgehead atoms. The van der Waals surface area contributed by atoms with Gasteiger partial charge in [0, 0.05) is 12.7 Å². The van der Waals surface area contributed by atoms with Gasteiger partial charge in [-0.1, -0.05) is 29.8 Å². The third kappa shape index (κ3) is 6.82. The van der Waals surface area contributed by atoms with Crippen LogP contribution in [0.1, 0.15) is 5.56 Å². The highest BCUT2D eigenvalue weighted by Crippen LogP contribution is 2.29. The van der Waals surface area contributed by atoms with Crippen molar-refractivity contribution in [3.63, 3.8) is 0 Å². The molecule has 0 radical (unpaired) electrons. The number of hydrogen-bond acceptors (Lipinski definition) is 4. The van der Waals surface area contributed by atoms with Crippen LogP contribution in [0, 0.1) is 6.92 Å². The van der Waals surface area contributed by atoms with E-state index in [0.717, 1.165) is 11.6 Å². The molecule has 0 aliphatic heterocycles. The van der Waals surface area contributed by atoms with Gasteiger partial charge in [-0.2, -0.15) is 0 Å². The summed E-state index contributed by atoms with van der Waals surface area (Å²) >= 11 is 0. The van der Waals surface area contributed by atoms with Crippen LogP contribution in [0.2, 0.25) is 0 Å². The third-order valence-corrected chi connectivity index (χ3v) is 3.68. The zero-order valence-corrected chi connectivity index (χ0v) is 15.3. The molecule has 0 aliphatic carbocycles. The largest absolute Gasteiger partial charge is 0.573 e. The Hall–Kier alpha value is -3.23. The fourth-order valence-electron chi connectivity index (χ4n) is 2.27. The summed E-state index contributed by atoms with van der Waals surface area (Å²) in [5, 5.41) is 5.26. The summed E-state index contributed by atoms with van der Waals surface area (Å²) in [7, 11) is 1.43. The van der Waals surface area contributed by atoms with Gasteiger partial charge in [-0.3, -0.25) is 9.59 Å². The van der Waals surface area contributed by atoms with Crippen LogP contribution in [-0.2, 0) is 9.59 Å². The summed E-state index contributed by atoms with van der Waals surface area (Å²) in [4.78, 5) is 25.4. The average Bonchev–Trinajstić information content (AvgIpc) is 2.61. The molecule has 2 rings (SSSR count). The number of ether oxygens (including phenoxy) is 1. The van der Waals surface area contributed by atoms with Crippen LogP contribution >= 0.6 is 0 Å². The molecule has 28 heavy (non-hydrogen) atoms. The number of rotatable bonds is 7. The number of para-hydroxylation sites is 2. The lowest BCUT2D eigenvalue weighted by Crippen LogP contribution is -2.38. The number of halogens is 3. The predicted molar refractivity (Wildman–Crippen MR) is 99.1 cm³/mol. The second-order valence-electron chi connectivity index (χ2n) is 6.06. The Balaban J connectivity index is 1.87. The van der Waals surface area contributed by atoms with E-state index in [-0.39, 0.29) is 24.7 Å². The minimum absolute atomic E-state index is 0.0191. The van der Waals surface area contributed by atoms with Crippen LogP contribution < -0.4 is 15.4 Å². The van der Waals surface area contributed by atoms with Crippen molar-refractivity contribution in [3.05, 3.63) is 54.1 Å². The first-order valence-electron chi connectivity index (χ1n) is 8.33. The summed E-state index contributed by atoms with van der Waals surface area (Å²) in [6.07, 6.45) is -4.84. The minimum atomic E-state index is -4.84. The van der Waals surface area contributed by atoms with Gasteiger partial charge < -0.3 is 20.3 Å². The SMILES string of the molecule is Cc1ccc(NC(=O)CN(C)C(=O)CNc2ccccc2OC(F)(F)F)cc1. The van der Waals surface area contributed by atoms with Crippen LogP contribution in [0.15, 0.2) is 48.5 Å². The first-order chi connectivity index (χ1) is 13.1. The third-order valence-electron chi connectivity index (χ3n) is 3.68. The lowest BCUT2D eigenvalue weighted by molar-refractivity contribution is -0.274. The van der Waals surface area contributed by atoms with Crippen molar-refractivity contribution in [2.45, 2.75) is 13.3 Å². The molecule has 0 fully saturated rings. The first-order valence-corrected chi connectivity index (χ1v) is 8.33. The lowest BCUT2D eigenvalue weighted by Gasteiger charge is -2.19. The number of carbonyl (C=O) groups is 2. The molecule has 9 heteroatoms. The van der Waals surface area contributed by atoms with E-state index in [1.165, 1.54) is 30.1 Å². The Labute approximate surface area is 160 Å². The van der Waals surface area contributed by atoms with Gasteiger partial charge >= 0.3 is 6.36 Å². The Morgan fingerprint density at radius 1 is 1.07 bits per heavy atom. The number of aryl methyl sites for hydroxylation is 1. The van der Waals surface area contributed by atoms with Crippen molar-refractivity contribution in [3.8, 4) is 5.75 Å². The van der Waals surface area contributed by atoms with Gasteiger partial charge in [0.2, 0.25) is 11.8 Å². The lowest BCUT2D eigenvalue weighted by atomic mass is 10.2. The van der Waals surface area contributed by atoms with Crippen LogP contribution in [0.25, 0.3) is 0 Å². The van der Waals surface area contributed by atoms with E-state index < -0.39 is 18.0 Å². The molecular weight excluding hydrogens is 375 g/mol. The van der Waals surface area contributed by atoms with E-state index in [1.54, 1.807) is 12.1 Å². The van der Waals surface area contributed by atoms with Gasteiger partial charge in [-0.25, -0.2) is 0 Å². The quantitative estimate of drug-likeness (QED) is 0.754. The summed E-state index contributed by atoms with van der Waals surface area (Å²) in [5.74, 6) is -1.30. The van der Waals surface area contributed by atoms with Gasteiger partial charge in [-0.15, -0.1) is 13.2 Å². The molecule has 0 aliphatic rings. The van der Waals surface area contributed by atoms with Crippen molar-refractivity contribution in [2.75, 3.05) is 30.8 Å². The first kappa shape index (κ1) is 21.1. The number of alkyl halides is 3. The minimum Gasteiger partial charge on any atom is -0.404 e. The molecule has 0 unspecified atom stereocenters. The molecule has 0 spiro atoms. The maximum atomic E-state index is 12.4. The second-order valence-corrected chi connectivity index (χ2v) is 6.06. The van der Waals surface area contributed by atoms with Crippen molar-refractivity contribution < 1.29 is 27.5 Å². The number of amides is 2. The number of likely N-dealkylation sites (N-methyl/N-ethyl adjacent to an activating group) is 1. The maximum Gasteiger partial charge on any atom is 0.573 e. The Bertz CT molecular complexity index is 823. The molecule has 6 nitrogen and oxygen atoms in total. The molecule has 0 heterocycles. The average molecular weight is 395 g/mol. The Morgan fingerprint density at radius 3 is 2.36 bits per heavy atom. The highest BCUT2D eigenvalue weighted by atomic mass is 19.4. The molecule has 0 saturated carbocycles. The maximum absolute atomic E-state index is 12.4. The van der Waals surface area contributed by atoms with E-state index in [4.69, 9.17) is 0 Å². The van der Waals surface area contributed by atoms with Crippen LogP contribution in [-0.4, -0.2) is 43.2 Å². The highest BCUT2D eigenvalue weighted by molar-refractivity contribution is 5.95. The fraction of sp³-hybridized carbons (Fsp3) is 0.263. The molecule has 2 aromatic carbocycles. The number of nitrogens with one attached hydrogen (secondary N) is 2. The second kappa shape index (κ2) is 9.12. The highest BCUT2D eigenvalue weighted by Gasteiger charge is 2.32. The number of hydrogen-bond donors (Lipinski definition) is 2. The standard InChI is InChI=1S/C19H20F3N3O3/c1-13-7-9-14(10-8-13)24-17(26)12-25(2)18(27)11-23-15-5-3-4-6-16(15)28-19(20,21)22/h3-10,23H,11-12H2,1-2H3,(H,24,26). The molecule has 2 aromatic rings. The van der Waals surface area contributed by atoms with Crippen molar-refractivity contribution in [1.29, 1.82) is 0 Å². The van der Waals surface area contributed by atoms with E-state index in [2.05, 4.69) is 15.4 Å². The Morgan fingerprint density at radius 2 is 1.71 bits per heavy atom. The molecule has 0 aromatic heterocycles. The summed E-state index contributed by atoms with van der Waals surface area (Å²) in [6, 6.07) is 12.6. The smallest absolute Gasteiger partial charge is 0.404 e. The summed E-state index contributed by atoms with van der Waals surface area (Å²) in [5.41, 5.74) is 1.67. The van der Waals surface area contributed by atoms with Gasteiger partial charge in [0.15, 0.2) is 5.75 Å². The number of nitrogens with zero attached hydrogens (tertiary/aromatic N) is 1. The molecule has 0 atom stereocenters. The Kier molecular flexibility index (Phi) is 6.86. The monoisotopic (exact) mass is 395 g/mol. The van der Waals surface area contributed by atoms with Crippen molar-refractivity contribution >= 4 is 23.2 Å². The van der Waals surface area contributed by atoms with E-state index in [0.29, 0.717) is 5.69 Å². The van der Waals surface area contributed by atoms with E-state index in [1.807, 2.05) is 19.1 Å². The molecule has 2 amide bonds. The zero-order valence-electron chi connectivity index (χ0n) is 15.3. The summed E-state index contributed by atoms with van der Waals surface area (Å²) < 4.78 is 41.2. The number of carbonyl (C=O) groups excluding carboxylic acids is 2. The fourth-order valence-corrected chi connectivity index (χ4v) is 2.27. The van der Waals surface area contributed by atoms with Gasteiger partial charge in [-0.05, 0) is 31.2 Å². The zero-order chi connectivity index (χ0) is 20.7. The van der Waals surface area contributed by atoms with Crippen LogP contribution in [0.5, 0.6) is 5.75 Å². The number of benzene rings is 2. The molecule has 2 N–H and O–H groups in total. The van der Waals surface area contributed by atoms with Crippen LogP contribution in [0.3, 0.4) is 0 Å². The topological polar surface area (TPSA) is 70.7 Å². The van der Waals surface area contributed by atoms with E-state index >= 15 is 0 Å². The molecule has 0 saturated heterocycles. The van der Waals surface area contributed by atoms with Crippen molar-refractivity contribution in [1.82, 2.24) is 4.90 Å². The number of anilines is 2. The predicted octanol–water partition coefficient (Wildman–Crippen LogP) is 3.40. The normalized spacial score (nSPS) is 10.9. The molecule has 150 valence electrons. The van der Waals surface area contributed by atoms with Gasteiger partial charge in [0.1, 0.15) is 0 Å². The van der Waals surface area contributed by atoms with Crippen LogP contribution in [0.4, 0.5) is 24.5 Å². The summed E-state index contributed by atoms with van der Waals surface area (Å²) in [6.45, 7) is 1.42. The van der Waals surface area contributed by atoms with Gasteiger partial charge in [0.25, 0.3) is 0 Å². The van der Waals surface area contributed by atoms with Gasteiger partial charge in [0.05, 0.1) is 18.8 Å². The van der Waals surface area contributed by atoms with Crippen molar-refractivity contribution in [2.24, 2.45) is 0 Å².